The molecule has 1 amide bonds. The normalized spacial score (nSPS) is 25.5. The number of carbonyl (C=O) groups excluding carboxylic acids is 1. The summed E-state index contributed by atoms with van der Waals surface area (Å²) < 4.78 is 27.4. The van der Waals surface area contributed by atoms with Crippen LogP contribution in [0, 0.1) is 23.5 Å². The van der Waals surface area contributed by atoms with Crippen molar-refractivity contribution >= 4 is 11.6 Å². The predicted molar refractivity (Wildman–Crippen MR) is 79.3 cm³/mol. The Morgan fingerprint density at radius 2 is 1.81 bits per heavy atom. The summed E-state index contributed by atoms with van der Waals surface area (Å²) in [5, 5.41) is 5.36. The maximum atomic E-state index is 13.7. The second-order valence-electron chi connectivity index (χ2n) is 5.91. The number of rotatable bonds is 3. The van der Waals surface area contributed by atoms with Gasteiger partial charge in [-0.15, -0.1) is 0 Å². The van der Waals surface area contributed by atoms with Crippen LogP contribution in [-0.4, -0.2) is 19.0 Å². The molecular weight excluding hydrogens is 274 g/mol. The van der Waals surface area contributed by atoms with E-state index in [0.29, 0.717) is 11.8 Å². The second kappa shape index (κ2) is 6.41. The molecule has 1 saturated carbocycles. The number of anilines is 1. The van der Waals surface area contributed by atoms with Gasteiger partial charge >= 0.3 is 0 Å². The Morgan fingerprint density at radius 1 is 1.19 bits per heavy atom. The monoisotopic (exact) mass is 296 g/mol. The fourth-order valence-corrected chi connectivity index (χ4v) is 2.98. The van der Waals surface area contributed by atoms with Gasteiger partial charge in [-0.1, -0.05) is 26.7 Å². The van der Waals surface area contributed by atoms with Gasteiger partial charge in [-0.2, -0.15) is 0 Å². The summed E-state index contributed by atoms with van der Waals surface area (Å²) in [6.07, 6.45) is 3.14. The van der Waals surface area contributed by atoms with E-state index in [-0.39, 0.29) is 17.3 Å². The first kappa shape index (κ1) is 15.7. The highest BCUT2D eigenvalue weighted by atomic mass is 19.1. The molecule has 0 heterocycles. The van der Waals surface area contributed by atoms with Crippen LogP contribution >= 0.6 is 0 Å². The van der Waals surface area contributed by atoms with Gasteiger partial charge in [0.1, 0.15) is 17.3 Å². The Labute approximate surface area is 124 Å². The molecule has 2 rings (SSSR count). The minimum atomic E-state index is -0.757. The standard InChI is InChI=1S/C16H22F2N2O/c1-9-5-4-6-14(10(9)2)20-16(21)11-7-12(17)15(19-3)13(18)8-11/h7-10,14,19H,4-6H2,1-3H3,(H,20,21). The smallest absolute Gasteiger partial charge is 0.251 e. The Bertz CT molecular complexity index is 510. The molecule has 1 aromatic carbocycles. The Hall–Kier alpha value is -1.65. The zero-order valence-corrected chi connectivity index (χ0v) is 12.7. The summed E-state index contributed by atoms with van der Waals surface area (Å²) in [6.45, 7) is 4.28. The number of hydrogen-bond donors (Lipinski definition) is 2. The fraction of sp³-hybridized carbons (Fsp3) is 0.562. The molecular formula is C16H22F2N2O. The van der Waals surface area contributed by atoms with Gasteiger partial charge in [0.05, 0.1) is 0 Å². The molecule has 0 spiro atoms. The molecule has 1 aliphatic rings. The average Bonchev–Trinajstić information content (AvgIpc) is 2.43. The molecule has 0 radical (unpaired) electrons. The van der Waals surface area contributed by atoms with Crippen molar-refractivity contribution in [2.75, 3.05) is 12.4 Å². The second-order valence-corrected chi connectivity index (χ2v) is 5.91. The number of amides is 1. The van der Waals surface area contributed by atoms with Crippen molar-refractivity contribution in [2.24, 2.45) is 11.8 Å². The van der Waals surface area contributed by atoms with Crippen molar-refractivity contribution in [3.8, 4) is 0 Å². The number of hydrogen-bond acceptors (Lipinski definition) is 2. The highest BCUT2D eigenvalue weighted by Crippen LogP contribution is 2.30. The van der Waals surface area contributed by atoms with E-state index in [0.717, 1.165) is 31.4 Å². The van der Waals surface area contributed by atoms with E-state index in [1.54, 1.807) is 0 Å². The van der Waals surface area contributed by atoms with Crippen molar-refractivity contribution < 1.29 is 13.6 Å². The van der Waals surface area contributed by atoms with Gasteiger partial charge in [-0.05, 0) is 30.4 Å². The molecule has 3 nitrogen and oxygen atoms in total. The molecule has 0 bridgehead atoms. The van der Waals surface area contributed by atoms with Crippen LogP contribution in [0.5, 0.6) is 0 Å². The molecule has 3 atom stereocenters. The molecule has 21 heavy (non-hydrogen) atoms. The third-order valence-corrected chi connectivity index (χ3v) is 4.58. The number of nitrogens with one attached hydrogen (secondary N) is 2. The third kappa shape index (κ3) is 3.34. The average molecular weight is 296 g/mol. The first-order chi connectivity index (χ1) is 9.93. The third-order valence-electron chi connectivity index (χ3n) is 4.58. The zero-order chi connectivity index (χ0) is 15.6. The predicted octanol–water partition coefficient (Wildman–Crippen LogP) is 3.56. The Morgan fingerprint density at radius 3 is 2.38 bits per heavy atom. The van der Waals surface area contributed by atoms with Crippen molar-refractivity contribution in [1.29, 1.82) is 0 Å². The zero-order valence-electron chi connectivity index (χ0n) is 12.7. The summed E-state index contributed by atoms with van der Waals surface area (Å²) in [5.74, 6) is -1.01. The number of carbonyl (C=O) groups is 1. The number of halogens is 2. The molecule has 0 aliphatic heterocycles. The summed E-state index contributed by atoms with van der Waals surface area (Å²) >= 11 is 0. The molecule has 3 unspecified atom stereocenters. The molecule has 0 aromatic heterocycles. The van der Waals surface area contributed by atoms with Crippen LogP contribution in [0.4, 0.5) is 14.5 Å². The molecule has 5 heteroatoms. The van der Waals surface area contributed by atoms with Crippen LogP contribution in [0.15, 0.2) is 12.1 Å². The van der Waals surface area contributed by atoms with E-state index in [9.17, 15) is 13.6 Å². The first-order valence-electron chi connectivity index (χ1n) is 7.41. The van der Waals surface area contributed by atoms with Crippen LogP contribution in [0.2, 0.25) is 0 Å². The Kier molecular flexibility index (Phi) is 4.80. The highest BCUT2D eigenvalue weighted by molar-refractivity contribution is 5.94. The lowest BCUT2D eigenvalue weighted by atomic mass is 9.78. The van der Waals surface area contributed by atoms with E-state index in [2.05, 4.69) is 24.5 Å². The maximum Gasteiger partial charge on any atom is 0.251 e. The minimum absolute atomic E-state index is 0.0226. The Balaban J connectivity index is 2.13. The largest absolute Gasteiger partial charge is 0.383 e. The summed E-state index contributed by atoms with van der Waals surface area (Å²) in [7, 11) is 1.44. The van der Waals surface area contributed by atoms with Crippen molar-refractivity contribution in [3.63, 3.8) is 0 Å². The van der Waals surface area contributed by atoms with Gasteiger partial charge in [0.2, 0.25) is 0 Å². The SMILES string of the molecule is CNc1c(F)cc(C(=O)NC2CCCC(C)C2C)cc1F. The molecule has 1 aliphatic carbocycles. The van der Waals surface area contributed by atoms with E-state index in [1.807, 2.05) is 0 Å². The van der Waals surface area contributed by atoms with E-state index in [4.69, 9.17) is 0 Å². The molecule has 1 aromatic rings. The van der Waals surface area contributed by atoms with Gasteiger partial charge in [0, 0.05) is 18.7 Å². The number of benzene rings is 1. The minimum Gasteiger partial charge on any atom is -0.383 e. The summed E-state index contributed by atoms with van der Waals surface area (Å²) in [6, 6.07) is 2.21. The van der Waals surface area contributed by atoms with Crippen molar-refractivity contribution in [1.82, 2.24) is 5.32 Å². The van der Waals surface area contributed by atoms with Gasteiger partial charge in [0.25, 0.3) is 5.91 Å². The van der Waals surface area contributed by atoms with Gasteiger partial charge in [-0.25, -0.2) is 8.78 Å². The van der Waals surface area contributed by atoms with Gasteiger partial charge in [0.15, 0.2) is 0 Å². The molecule has 2 N–H and O–H groups in total. The van der Waals surface area contributed by atoms with Crippen LogP contribution in [-0.2, 0) is 0 Å². The van der Waals surface area contributed by atoms with Gasteiger partial charge in [-0.3, -0.25) is 4.79 Å². The fourth-order valence-electron chi connectivity index (χ4n) is 2.98. The lowest BCUT2D eigenvalue weighted by Gasteiger charge is -2.34. The van der Waals surface area contributed by atoms with Crippen molar-refractivity contribution in [3.05, 3.63) is 29.3 Å². The van der Waals surface area contributed by atoms with Gasteiger partial charge < -0.3 is 10.6 Å². The van der Waals surface area contributed by atoms with Crippen LogP contribution < -0.4 is 10.6 Å². The molecule has 116 valence electrons. The van der Waals surface area contributed by atoms with Crippen molar-refractivity contribution in [2.45, 2.75) is 39.2 Å². The molecule has 0 saturated heterocycles. The highest BCUT2D eigenvalue weighted by Gasteiger charge is 2.28. The molecule has 1 fully saturated rings. The lowest BCUT2D eigenvalue weighted by Crippen LogP contribution is -2.43. The summed E-state index contributed by atoms with van der Waals surface area (Å²) in [4.78, 5) is 12.2. The maximum absolute atomic E-state index is 13.7. The quantitative estimate of drug-likeness (QED) is 0.895. The van der Waals surface area contributed by atoms with Crippen LogP contribution in [0.3, 0.4) is 0 Å². The first-order valence-corrected chi connectivity index (χ1v) is 7.41. The van der Waals surface area contributed by atoms with E-state index >= 15 is 0 Å². The van der Waals surface area contributed by atoms with Crippen LogP contribution in [0.25, 0.3) is 0 Å². The van der Waals surface area contributed by atoms with Crippen LogP contribution in [0.1, 0.15) is 43.5 Å². The van der Waals surface area contributed by atoms with E-state index < -0.39 is 17.5 Å². The lowest BCUT2D eigenvalue weighted by molar-refractivity contribution is 0.0890. The van der Waals surface area contributed by atoms with E-state index in [1.165, 1.54) is 7.05 Å². The summed E-state index contributed by atoms with van der Waals surface area (Å²) in [5.41, 5.74) is -0.194. The topological polar surface area (TPSA) is 41.1 Å².